The maximum absolute atomic E-state index is 13.9. The first-order chi connectivity index (χ1) is 18.5. The van der Waals surface area contributed by atoms with Crippen molar-refractivity contribution in [1.82, 2.24) is 0 Å². The molecule has 2 heterocycles. The number of fused-ring (bicyclic) bond motifs is 3. The highest BCUT2D eigenvalue weighted by Gasteiger charge is 2.74. The number of Topliss-reactive ketones (excluding diaryl/α,β-unsaturated/α-hetero) is 2. The van der Waals surface area contributed by atoms with Gasteiger partial charge in [0.1, 0.15) is 0 Å². The number of amides is 2. The van der Waals surface area contributed by atoms with E-state index >= 15 is 0 Å². The van der Waals surface area contributed by atoms with Gasteiger partial charge in [0.25, 0.3) is 0 Å². The van der Waals surface area contributed by atoms with Crippen molar-refractivity contribution in [2.75, 3.05) is 4.90 Å². The molecule has 0 N–H and O–H groups in total. The Morgan fingerprint density at radius 3 is 2.00 bits per heavy atom. The van der Waals surface area contributed by atoms with Crippen molar-refractivity contribution in [2.45, 2.75) is 37.6 Å². The van der Waals surface area contributed by atoms with Crippen molar-refractivity contribution in [3.63, 3.8) is 0 Å². The van der Waals surface area contributed by atoms with Gasteiger partial charge in [-0.05, 0) is 35.2 Å². The van der Waals surface area contributed by atoms with Crippen LogP contribution in [0.3, 0.4) is 0 Å². The summed E-state index contributed by atoms with van der Waals surface area (Å²) in [6.07, 6.45) is -5.85. The number of hydrogen-bond donors (Lipinski definition) is 0. The van der Waals surface area contributed by atoms with Crippen molar-refractivity contribution in [3.05, 3.63) is 101 Å². The van der Waals surface area contributed by atoms with Gasteiger partial charge in [0.05, 0.1) is 29.2 Å². The fourth-order valence-electron chi connectivity index (χ4n) is 5.96. The lowest BCUT2D eigenvalue weighted by atomic mass is 9.77. The summed E-state index contributed by atoms with van der Waals surface area (Å²) >= 11 is 0. The Bertz CT molecular complexity index is 1520. The first-order valence-electron chi connectivity index (χ1n) is 12.5. The van der Waals surface area contributed by atoms with Crippen molar-refractivity contribution in [1.29, 1.82) is 0 Å². The number of ether oxygens (including phenoxy) is 1. The highest BCUT2D eigenvalue weighted by Crippen LogP contribution is 2.57. The smallest absolute Gasteiger partial charge is 0.349 e. The molecule has 6 nitrogen and oxygen atoms in total. The topological polar surface area (TPSA) is 80.8 Å². The molecule has 2 saturated heterocycles. The number of ketones is 2. The summed E-state index contributed by atoms with van der Waals surface area (Å²) in [5.74, 6) is -5.85. The molecule has 9 heteroatoms. The number of imide groups is 1. The van der Waals surface area contributed by atoms with Gasteiger partial charge >= 0.3 is 6.18 Å². The zero-order valence-corrected chi connectivity index (χ0v) is 20.9. The molecular formula is C30H22F3NO5. The van der Waals surface area contributed by atoms with Gasteiger partial charge in [-0.15, -0.1) is 0 Å². The predicted octanol–water partition coefficient (Wildman–Crippen LogP) is 5.52. The van der Waals surface area contributed by atoms with E-state index in [2.05, 4.69) is 0 Å². The van der Waals surface area contributed by atoms with Gasteiger partial charge in [0.2, 0.25) is 29.0 Å². The number of rotatable bonds is 3. The average Bonchev–Trinajstić information content (AvgIpc) is 3.48. The summed E-state index contributed by atoms with van der Waals surface area (Å²) < 4.78 is 46.6. The molecule has 1 spiro atoms. The Labute approximate surface area is 221 Å². The number of carbonyl (C=O) groups excluding carboxylic acids is 4. The molecule has 0 aromatic heterocycles. The van der Waals surface area contributed by atoms with Gasteiger partial charge < -0.3 is 4.74 Å². The van der Waals surface area contributed by atoms with Crippen molar-refractivity contribution >= 4 is 29.1 Å². The van der Waals surface area contributed by atoms with E-state index in [0.29, 0.717) is 16.5 Å². The molecule has 3 atom stereocenters. The second-order valence-corrected chi connectivity index (χ2v) is 10.4. The summed E-state index contributed by atoms with van der Waals surface area (Å²) in [6, 6.07) is 17.0. The molecule has 2 aliphatic heterocycles. The van der Waals surface area contributed by atoms with Gasteiger partial charge in [0.15, 0.2) is 0 Å². The monoisotopic (exact) mass is 533 g/mol. The molecule has 1 aliphatic carbocycles. The van der Waals surface area contributed by atoms with Gasteiger partial charge in [-0.25, -0.2) is 4.90 Å². The minimum atomic E-state index is -4.71. The van der Waals surface area contributed by atoms with Crippen LogP contribution in [0.2, 0.25) is 0 Å². The van der Waals surface area contributed by atoms with Gasteiger partial charge in [-0.1, -0.05) is 68.4 Å². The Morgan fingerprint density at radius 2 is 1.44 bits per heavy atom. The zero-order chi connectivity index (χ0) is 27.9. The third-order valence-corrected chi connectivity index (χ3v) is 7.88. The number of hydrogen-bond acceptors (Lipinski definition) is 5. The Kier molecular flexibility index (Phi) is 5.45. The van der Waals surface area contributed by atoms with E-state index in [9.17, 15) is 32.3 Å². The molecule has 0 saturated carbocycles. The minimum Gasteiger partial charge on any atom is -0.349 e. The van der Waals surface area contributed by atoms with Crippen LogP contribution >= 0.6 is 0 Å². The summed E-state index contributed by atoms with van der Waals surface area (Å²) in [6.45, 7) is 4.01. The highest BCUT2D eigenvalue weighted by atomic mass is 19.4. The Balaban J connectivity index is 1.51. The Hall–Kier alpha value is -4.11. The lowest BCUT2D eigenvalue weighted by molar-refractivity contribution is -0.137. The lowest BCUT2D eigenvalue weighted by Crippen LogP contribution is -2.51. The molecule has 0 radical (unpaired) electrons. The maximum Gasteiger partial charge on any atom is 0.416 e. The summed E-state index contributed by atoms with van der Waals surface area (Å²) in [5, 5.41) is 0. The average molecular weight is 534 g/mol. The van der Waals surface area contributed by atoms with Crippen molar-refractivity contribution in [2.24, 2.45) is 11.8 Å². The van der Waals surface area contributed by atoms with E-state index in [4.69, 9.17) is 4.74 Å². The van der Waals surface area contributed by atoms with Gasteiger partial charge in [-0.2, -0.15) is 13.2 Å². The largest absolute Gasteiger partial charge is 0.416 e. The number of carbonyl (C=O) groups is 4. The quantitative estimate of drug-likeness (QED) is 0.327. The van der Waals surface area contributed by atoms with E-state index in [1.807, 2.05) is 26.0 Å². The first kappa shape index (κ1) is 25.2. The molecular weight excluding hydrogens is 511 g/mol. The molecule has 3 aromatic carbocycles. The number of nitrogens with zero attached hydrogens (tertiary/aromatic N) is 1. The third-order valence-electron chi connectivity index (χ3n) is 7.88. The van der Waals surface area contributed by atoms with Crippen LogP contribution in [-0.4, -0.2) is 29.0 Å². The fourth-order valence-corrected chi connectivity index (χ4v) is 5.96. The van der Waals surface area contributed by atoms with E-state index in [1.165, 1.54) is 18.2 Å². The van der Waals surface area contributed by atoms with Crippen LogP contribution < -0.4 is 4.90 Å². The Morgan fingerprint density at radius 1 is 0.821 bits per heavy atom. The second-order valence-electron chi connectivity index (χ2n) is 10.4. The summed E-state index contributed by atoms with van der Waals surface area (Å²) in [5.41, 5.74) is -1.97. The van der Waals surface area contributed by atoms with E-state index in [-0.39, 0.29) is 22.7 Å². The molecule has 0 unspecified atom stereocenters. The third kappa shape index (κ3) is 3.45. The van der Waals surface area contributed by atoms with E-state index in [0.717, 1.165) is 17.7 Å². The summed E-state index contributed by atoms with van der Waals surface area (Å²) in [7, 11) is 0. The van der Waals surface area contributed by atoms with Crippen molar-refractivity contribution in [3.8, 4) is 0 Å². The maximum atomic E-state index is 13.9. The van der Waals surface area contributed by atoms with Gasteiger partial charge in [-0.3, -0.25) is 19.2 Å². The normalized spacial score (nSPS) is 23.7. The number of halogens is 3. The van der Waals surface area contributed by atoms with Crippen LogP contribution in [0.25, 0.3) is 0 Å². The molecule has 0 bridgehead atoms. The molecule has 6 rings (SSSR count). The summed E-state index contributed by atoms with van der Waals surface area (Å²) in [4.78, 5) is 56.0. The second kappa shape index (κ2) is 8.44. The van der Waals surface area contributed by atoms with Crippen LogP contribution in [0.1, 0.15) is 63.3 Å². The minimum absolute atomic E-state index is 0.0785. The standard InChI is InChI=1S/C30H22F3NO5/c1-15(2)16-10-12-17(13-11-16)24-22-23(29(39-24)25(35)20-8-3-4-9-21(20)26(29)36)28(38)34(27(22)37)19-7-5-6-18(14-19)30(31,32)33/h3-15,22-24H,1-2H3/t22-,23+,24-/m0/s1. The van der Waals surface area contributed by atoms with Gasteiger partial charge in [0, 0.05) is 11.1 Å². The van der Waals surface area contributed by atoms with E-state index < -0.39 is 58.7 Å². The number of alkyl halides is 3. The first-order valence-corrected chi connectivity index (χ1v) is 12.5. The molecule has 3 aromatic rings. The predicted molar refractivity (Wildman–Crippen MR) is 133 cm³/mol. The van der Waals surface area contributed by atoms with Crippen LogP contribution in [0, 0.1) is 11.8 Å². The molecule has 2 amide bonds. The number of benzene rings is 3. The highest BCUT2D eigenvalue weighted by molar-refractivity contribution is 6.37. The van der Waals surface area contributed by atoms with Crippen LogP contribution in [0.4, 0.5) is 18.9 Å². The molecule has 3 aliphatic rings. The molecule has 198 valence electrons. The molecule has 2 fully saturated rings. The van der Waals surface area contributed by atoms with Crippen LogP contribution in [0.15, 0.2) is 72.8 Å². The lowest BCUT2D eigenvalue weighted by Gasteiger charge is -2.27. The zero-order valence-electron chi connectivity index (χ0n) is 20.9. The fraction of sp³-hybridized carbons (Fsp3) is 0.267. The van der Waals surface area contributed by atoms with E-state index in [1.54, 1.807) is 24.3 Å². The van der Waals surface area contributed by atoms with Crippen LogP contribution in [-0.2, 0) is 20.5 Å². The molecule has 39 heavy (non-hydrogen) atoms. The number of anilines is 1. The van der Waals surface area contributed by atoms with Crippen LogP contribution in [0.5, 0.6) is 0 Å². The SMILES string of the molecule is CC(C)c1ccc([C@@H]2OC3(C(=O)c4ccccc4C3=O)[C@H]3C(=O)N(c4cccc(C(F)(F)F)c4)C(=O)[C@H]23)cc1. The van der Waals surface area contributed by atoms with Crippen molar-refractivity contribution < 1.29 is 37.1 Å².